The summed E-state index contributed by atoms with van der Waals surface area (Å²) >= 11 is 0. The molecule has 3 heterocycles. The molecule has 1 aliphatic rings. The molecule has 1 fully saturated rings. The number of rotatable bonds is 5. The molecule has 2 aromatic rings. The van der Waals surface area contributed by atoms with E-state index in [1.807, 2.05) is 0 Å². The summed E-state index contributed by atoms with van der Waals surface area (Å²) in [6, 6.07) is -1.05. The van der Waals surface area contributed by atoms with Gasteiger partial charge in [-0.15, -0.1) is 5.10 Å². The lowest BCUT2D eigenvalue weighted by Gasteiger charge is -2.21. The molecule has 1 N–H and O–H groups in total. The maximum absolute atomic E-state index is 13.9. The minimum absolute atomic E-state index is 0.0105. The molecule has 0 spiro atoms. The Morgan fingerprint density at radius 1 is 1.42 bits per heavy atom. The third-order valence-electron chi connectivity index (χ3n) is 3.98. The van der Waals surface area contributed by atoms with Gasteiger partial charge in [-0.25, -0.2) is 22.2 Å². The summed E-state index contributed by atoms with van der Waals surface area (Å²) in [6.07, 6.45) is 3.15. The molecule has 1 amide bonds. The molecule has 1 saturated heterocycles. The van der Waals surface area contributed by atoms with Crippen molar-refractivity contribution in [2.24, 2.45) is 7.05 Å². The number of nitrogens with zero attached hydrogens (tertiary/aromatic N) is 6. The highest BCUT2D eigenvalue weighted by Gasteiger charge is 2.50. The first-order valence-electron chi connectivity index (χ1n) is 7.62. The van der Waals surface area contributed by atoms with Crippen LogP contribution < -0.4 is 5.32 Å². The molecule has 142 valence electrons. The topological polar surface area (TPSA) is 115 Å². The fourth-order valence-electron chi connectivity index (χ4n) is 2.78. The van der Waals surface area contributed by atoms with Crippen LogP contribution in [0.25, 0.3) is 0 Å². The maximum Gasteiger partial charge on any atom is 0.273 e. The Balaban J connectivity index is 1.87. The number of carbonyl (C=O) groups is 1. The normalized spacial score (nSPS) is 20.4. The second-order valence-electron chi connectivity index (χ2n) is 6.05. The monoisotopic (exact) mass is 389 g/mol. The van der Waals surface area contributed by atoms with Gasteiger partial charge in [-0.3, -0.25) is 9.48 Å². The van der Waals surface area contributed by atoms with Gasteiger partial charge in [0, 0.05) is 26.7 Å². The van der Waals surface area contributed by atoms with Crippen molar-refractivity contribution < 1.29 is 22.0 Å². The average molecular weight is 389 g/mol. The Morgan fingerprint density at radius 2 is 2.15 bits per heavy atom. The van der Waals surface area contributed by atoms with E-state index in [1.165, 1.54) is 35.0 Å². The van der Waals surface area contributed by atoms with Crippen molar-refractivity contribution in [2.45, 2.75) is 30.0 Å². The molecule has 3 rings (SSSR count). The molecule has 10 nitrogen and oxygen atoms in total. The Morgan fingerprint density at radius 3 is 2.77 bits per heavy atom. The van der Waals surface area contributed by atoms with Crippen LogP contribution in [0.5, 0.6) is 0 Å². The summed E-state index contributed by atoms with van der Waals surface area (Å²) < 4.78 is 56.6. The molecule has 1 unspecified atom stereocenters. The molecular weight excluding hydrogens is 372 g/mol. The van der Waals surface area contributed by atoms with E-state index in [1.54, 1.807) is 7.05 Å². The molecule has 0 bridgehead atoms. The number of nitrogens with one attached hydrogen (secondary N) is 1. The third-order valence-corrected chi connectivity index (χ3v) is 5.76. The predicted molar refractivity (Wildman–Crippen MR) is 83.9 cm³/mol. The Kier molecular flexibility index (Phi) is 4.52. The van der Waals surface area contributed by atoms with Crippen LogP contribution in [0.4, 0.5) is 8.78 Å². The summed E-state index contributed by atoms with van der Waals surface area (Å²) in [6.45, 7) is -1.10. The number of hydrogen-bond acceptors (Lipinski definition) is 6. The van der Waals surface area contributed by atoms with Crippen LogP contribution in [0.2, 0.25) is 0 Å². The fourth-order valence-corrected chi connectivity index (χ4v) is 4.40. The van der Waals surface area contributed by atoms with Gasteiger partial charge in [0.25, 0.3) is 21.9 Å². The zero-order valence-electron chi connectivity index (χ0n) is 14.0. The smallest absolute Gasteiger partial charge is 0.273 e. The van der Waals surface area contributed by atoms with Crippen molar-refractivity contribution in [1.29, 1.82) is 0 Å². The number of halogens is 2. The largest absolute Gasteiger partial charge is 0.354 e. The molecular formula is C13H17F2N7O3S. The summed E-state index contributed by atoms with van der Waals surface area (Å²) in [5.74, 6) is -3.65. The van der Waals surface area contributed by atoms with Crippen molar-refractivity contribution in [3.8, 4) is 0 Å². The first kappa shape index (κ1) is 18.4. The second-order valence-corrected chi connectivity index (χ2v) is 7.88. The average Bonchev–Trinajstić information content (AvgIpc) is 3.26. The molecule has 1 aliphatic heterocycles. The Labute approximate surface area is 147 Å². The van der Waals surface area contributed by atoms with Crippen molar-refractivity contribution in [3.05, 3.63) is 24.4 Å². The number of imidazole rings is 1. The lowest BCUT2D eigenvalue weighted by Crippen LogP contribution is -2.39. The number of aromatic nitrogens is 5. The fraction of sp³-hybridized carbons (Fsp3) is 0.538. The third kappa shape index (κ3) is 3.44. The number of alkyl halides is 2. The molecule has 0 radical (unpaired) electrons. The van der Waals surface area contributed by atoms with E-state index in [4.69, 9.17) is 0 Å². The van der Waals surface area contributed by atoms with Crippen molar-refractivity contribution in [3.63, 3.8) is 0 Å². The van der Waals surface area contributed by atoms with Crippen LogP contribution in [0.3, 0.4) is 0 Å². The number of sulfonamides is 1. The SMILES string of the molecule is CNC(=O)c1cn(CC2CC(F)(F)CN2S(=O)(=O)c2cn(C)cn2)nn1. The van der Waals surface area contributed by atoms with E-state index in [9.17, 15) is 22.0 Å². The van der Waals surface area contributed by atoms with Crippen LogP contribution in [0.1, 0.15) is 16.9 Å². The van der Waals surface area contributed by atoms with Gasteiger partial charge in [-0.05, 0) is 0 Å². The number of amides is 1. The van der Waals surface area contributed by atoms with Crippen LogP contribution in [0, 0.1) is 0 Å². The number of aryl methyl sites for hydroxylation is 1. The number of hydrogen-bond donors (Lipinski definition) is 1. The molecule has 2 aromatic heterocycles. The van der Waals surface area contributed by atoms with Gasteiger partial charge in [0.1, 0.15) is 0 Å². The van der Waals surface area contributed by atoms with E-state index in [-0.39, 0.29) is 17.3 Å². The zero-order valence-corrected chi connectivity index (χ0v) is 14.8. The second kappa shape index (κ2) is 6.39. The Hall–Kier alpha value is -2.41. The summed E-state index contributed by atoms with van der Waals surface area (Å²) in [5, 5.41) is 9.42. The van der Waals surface area contributed by atoms with Gasteiger partial charge in [0.05, 0.1) is 31.7 Å². The van der Waals surface area contributed by atoms with Crippen LogP contribution in [-0.2, 0) is 23.6 Å². The summed E-state index contributed by atoms with van der Waals surface area (Å²) in [5.41, 5.74) is 0.0105. The van der Waals surface area contributed by atoms with Crippen LogP contribution >= 0.6 is 0 Å². The molecule has 13 heteroatoms. The van der Waals surface area contributed by atoms with Gasteiger partial charge in [-0.2, -0.15) is 4.31 Å². The van der Waals surface area contributed by atoms with Gasteiger partial charge in [0.2, 0.25) is 0 Å². The molecule has 0 aromatic carbocycles. The first-order chi connectivity index (χ1) is 12.1. The van der Waals surface area contributed by atoms with Crippen molar-refractivity contribution in [2.75, 3.05) is 13.6 Å². The van der Waals surface area contributed by atoms with Crippen LogP contribution in [0.15, 0.2) is 23.7 Å². The van der Waals surface area contributed by atoms with E-state index < -0.39 is 40.9 Å². The minimum atomic E-state index is -4.19. The lowest BCUT2D eigenvalue weighted by atomic mass is 10.2. The van der Waals surface area contributed by atoms with Gasteiger partial charge in [0.15, 0.2) is 10.7 Å². The van der Waals surface area contributed by atoms with E-state index in [0.29, 0.717) is 0 Å². The van der Waals surface area contributed by atoms with E-state index >= 15 is 0 Å². The highest BCUT2D eigenvalue weighted by molar-refractivity contribution is 7.89. The molecule has 0 aliphatic carbocycles. The molecule has 0 saturated carbocycles. The standard InChI is InChI=1S/C13H17F2N7O3S/c1-16-12(23)10-5-21(19-18-10)4-9-3-13(14,15)7-22(9)26(24,25)11-6-20(2)8-17-11/h5-6,8-9H,3-4,7H2,1-2H3,(H,16,23). The lowest BCUT2D eigenvalue weighted by molar-refractivity contribution is 0.0168. The summed E-state index contributed by atoms with van der Waals surface area (Å²) in [4.78, 5) is 15.3. The zero-order chi connectivity index (χ0) is 19.1. The van der Waals surface area contributed by atoms with E-state index in [2.05, 4.69) is 20.6 Å². The van der Waals surface area contributed by atoms with Crippen LogP contribution in [-0.4, -0.2) is 68.7 Å². The predicted octanol–water partition coefficient (Wildman–Crippen LogP) is -0.530. The quantitative estimate of drug-likeness (QED) is 0.735. The van der Waals surface area contributed by atoms with Gasteiger partial charge < -0.3 is 9.88 Å². The van der Waals surface area contributed by atoms with Crippen molar-refractivity contribution in [1.82, 2.24) is 34.2 Å². The Bertz CT molecular complexity index is 924. The molecule has 1 atom stereocenters. The number of carbonyl (C=O) groups excluding carboxylic acids is 1. The molecule has 26 heavy (non-hydrogen) atoms. The maximum atomic E-state index is 13.9. The van der Waals surface area contributed by atoms with Gasteiger partial charge in [-0.1, -0.05) is 5.21 Å². The minimum Gasteiger partial charge on any atom is -0.354 e. The van der Waals surface area contributed by atoms with Crippen molar-refractivity contribution >= 4 is 15.9 Å². The summed E-state index contributed by atoms with van der Waals surface area (Å²) in [7, 11) is -1.19. The highest BCUT2D eigenvalue weighted by Crippen LogP contribution is 2.36. The highest BCUT2D eigenvalue weighted by atomic mass is 32.2. The van der Waals surface area contributed by atoms with Gasteiger partial charge >= 0.3 is 0 Å². The van der Waals surface area contributed by atoms with E-state index in [0.717, 1.165) is 4.31 Å². The first-order valence-corrected chi connectivity index (χ1v) is 9.06.